The van der Waals surface area contributed by atoms with Crippen molar-refractivity contribution in [3.05, 3.63) is 0 Å². The minimum Gasteiger partial charge on any atom is -0.458 e. The van der Waals surface area contributed by atoms with Crippen molar-refractivity contribution in [1.29, 1.82) is 0 Å². The van der Waals surface area contributed by atoms with E-state index >= 15 is 0 Å². The predicted octanol–water partition coefficient (Wildman–Crippen LogP) is 3.29. The number of nitrogens with zero attached hydrogens (tertiary/aromatic N) is 1. The van der Waals surface area contributed by atoms with E-state index in [0.717, 1.165) is 44.9 Å². The molecule has 4 heteroatoms. The van der Waals surface area contributed by atoms with Crippen LogP contribution in [0.4, 0.5) is 0 Å². The Bertz CT molecular complexity index is 405. The number of ether oxygens (including phenoxy) is 1. The quantitative estimate of drug-likeness (QED) is 0.751. The van der Waals surface area contributed by atoms with Crippen molar-refractivity contribution in [1.82, 2.24) is 4.90 Å². The monoisotopic (exact) mass is 295 g/mol. The maximum atomic E-state index is 13.0. The summed E-state index contributed by atoms with van der Waals surface area (Å²) in [5.74, 6) is -0.0477. The Balaban J connectivity index is 2.11. The summed E-state index contributed by atoms with van der Waals surface area (Å²) >= 11 is 0. The highest BCUT2D eigenvalue weighted by Gasteiger charge is 2.46. The molecule has 0 bridgehead atoms. The molecule has 1 atom stereocenters. The van der Waals surface area contributed by atoms with Gasteiger partial charge in [0.2, 0.25) is 5.91 Å². The van der Waals surface area contributed by atoms with Gasteiger partial charge in [0.1, 0.15) is 11.6 Å². The second-order valence-electron chi connectivity index (χ2n) is 7.53. The van der Waals surface area contributed by atoms with Gasteiger partial charge in [-0.05, 0) is 52.9 Å². The Hall–Kier alpha value is -1.06. The first-order chi connectivity index (χ1) is 9.79. The average Bonchev–Trinajstić information content (AvgIpc) is 3.06. The summed E-state index contributed by atoms with van der Waals surface area (Å²) in [7, 11) is 0. The van der Waals surface area contributed by atoms with Crippen molar-refractivity contribution in [3.63, 3.8) is 0 Å². The van der Waals surface area contributed by atoms with Gasteiger partial charge < -0.3 is 9.64 Å². The molecule has 1 aliphatic carbocycles. The minimum atomic E-state index is -0.496. The molecule has 1 saturated heterocycles. The van der Waals surface area contributed by atoms with Crippen LogP contribution in [0.3, 0.4) is 0 Å². The van der Waals surface area contributed by atoms with E-state index in [1.807, 2.05) is 25.7 Å². The lowest BCUT2D eigenvalue weighted by atomic mass is 9.81. The van der Waals surface area contributed by atoms with Crippen molar-refractivity contribution in [3.8, 4) is 0 Å². The zero-order valence-corrected chi connectivity index (χ0v) is 13.9. The lowest BCUT2D eigenvalue weighted by molar-refractivity contribution is -0.165. The van der Waals surface area contributed by atoms with Gasteiger partial charge in [0.25, 0.3) is 0 Å². The van der Waals surface area contributed by atoms with E-state index in [2.05, 4.69) is 6.92 Å². The molecular formula is C17H29NO3. The molecule has 1 amide bonds. The molecule has 2 fully saturated rings. The Morgan fingerprint density at radius 3 is 2.33 bits per heavy atom. The summed E-state index contributed by atoms with van der Waals surface area (Å²) in [4.78, 5) is 27.2. The lowest BCUT2D eigenvalue weighted by Gasteiger charge is -2.34. The molecule has 0 radical (unpaired) electrons. The van der Waals surface area contributed by atoms with Crippen LogP contribution in [0.5, 0.6) is 0 Å². The van der Waals surface area contributed by atoms with Crippen LogP contribution in [0.1, 0.15) is 72.6 Å². The first-order valence-corrected chi connectivity index (χ1v) is 8.33. The van der Waals surface area contributed by atoms with E-state index in [0.29, 0.717) is 6.54 Å². The second-order valence-corrected chi connectivity index (χ2v) is 7.53. The fourth-order valence-electron chi connectivity index (χ4n) is 3.70. The highest BCUT2D eigenvalue weighted by atomic mass is 16.6. The van der Waals surface area contributed by atoms with Crippen LogP contribution < -0.4 is 0 Å². The molecule has 1 saturated carbocycles. The molecule has 2 rings (SSSR count). The van der Waals surface area contributed by atoms with Crippen molar-refractivity contribution in [2.24, 2.45) is 5.41 Å². The van der Waals surface area contributed by atoms with Gasteiger partial charge in [0.15, 0.2) is 0 Å². The molecule has 0 spiro atoms. The Labute approximate surface area is 128 Å². The Morgan fingerprint density at radius 1 is 1.19 bits per heavy atom. The highest BCUT2D eigenvalue weighted by molar-refractivity contribution is 5.89. The third kappa shape index (κ3) is 3.41. The van der Waals surface area contributed by atoms with E-state index in [1.165, 1.54) is 0 Å². The smallest absolute Gasteiger partial charge is 0.329 e. The van der Waals surface area contributed by atoms with Crippen molar-refractivity contribution in [2.75, 3.05) is 6.54 Å². The number of esters is 1. The molecule has 0 aromatic carbocycles. The van der Waals surface area contributed by atoms with Gasteiger partial charge in [-0.15, -0.1) is 0 Å². The standard InChI is InChI=1S/C17H29NO3/c1-5-17(10-6-7-11-17)15(20)18-12-8-9-13(18)14(19)21-16(2,3)4/h13H,5-12H2,1-4H3/t13-/m1/s1. The minimum absolute atomic E-state index is 0.191. The van der Waals surface area contributed by atoms with Crippen LogP contribution in [0.2, 0.25) is 0 Å². The summed E-state index contributed by atoms with van der Waals surface area (Å²) in [6.07, 6.45) is 6.72. The zero-order valence-electron chi connectivity index (χ0n) is 13.9. The molecule has 120 valence electrons. The van der Waals surface area contributed by atoms with Gasteiger partial charge >= 0.3 is 5.97 Å². The Morgan fingerprint density at radius 2 is 1.81 bits per heavy atom. The third-order valence-electron chi connectivity index (χ3n) is 4.88. The molecule has 0 unspecified atom stereocenters. The van der Waals surface area contributed by atoms with Crippen LogP contribution in [0, 0.1) is 5.41 Å². The highest BCUT2D eigenvalue weighted by Crippen LogP contribution is 2.43. The van der Waals surface area contributed by atoms with Crippen molar-refractivity contribution in [2.45, 2.75) is 84.3 Å². The Kier molecular flexibility index (Phi) is 4.64. The first kappa shape index (κ1) is 16.3. The number of carbonyl (C=O) groups is 2. The maximum absolute atomic E-state index is 13.0. The molecule has 0 aromatic heterocycles. The van der Waals surface area contributed by atoms with Crippen molar-refractivity contribution < 1.29 is 14.3 Å². The first-order valence-electron chi connectivity index (χ1n) is 8.33. The molecule has 0 aromatic rings. The number of rotatable bonds is 3. The molecule has 21 heavy (non-hydrogen) atoms. The molecule has 4 nitrogen and oxygen atoms in total. The number of carbonyl (C=O) groups excluding carboxylic acids is 2. The fourth-order valence-corrected chi connectivity index (χ4v) is 3.70. The van der Waals surface area contributed by atoms with E-state index in [-0.39, 0.29) is 23.3 Å². The van der Waals surface area contributed by atoms with Gasteiger partial charge in [-0.3, -0.25) is 4.79 Å². The number of hydrogen-bond donors (Lipinski definition) is 0. The summed E-state index contributed by atoms with van der Waals surface area (Å²) in [5.41, 5.74) is -0.713. The normalized spacial score (nSPS) is 25.1. The van der Waals surface area contributed by atoms with Crippen LogP contribution >= 0.6 is 0 Å². The molecule has 2 aliphatic rings. The van der Waals surface area contributed by atoms with E-state index in [9.17, 15) is 9.59 Å². The van der Waals surface area contributed by atoms with E-state index in [4.69, 9.17) is 4.74 Å². The van der Waals surface area contributed by atoms with Crippen LogP contribution in [-0.2, 0) is 14.3 Å². The third-order valence-corrected chi connectivity index (χ3v) is 4.88. The summed E-state index contributed by atoms with van der Waals surface area (Å²) in [5, 5.41) is 0. The lowest BCUT2D eigenvalue weighted by Crippen LogP contribution is -2.49. The van der Waals surface area contributed by atoms with Gasteiger partial charge in [-0.1, -0.05) is 19.8 Å². The van der Waals surface area contributed by atoms with Crippen LogP contribution in [-0.4, -0.2) is 35.0 Å². The molecule has 1 aliphatic heterocycles. The summed E-state index contributed by atoms with van der Waals surface area (Å²) < 4.78 is 5.50. The molecule has 0 N–H and O–H groups in total. The van der Waals surface area contributed by atoms with Gasteiger partial charge in [0, 0.05) is 12.0 Å². The topological polar surface area (TPSA) is 46.6 Å². The molecule has 1 heterocycles. The van der Waals surface area contributed by atoms with Crippen molar-refractivity contribution >= 4 is 11.9 Å². The van der Waals surface area contributed by atoms with Gasteiger partial charge in [0.05, 0.1) is 0 Å². The zero-order chi connectivity index (χ0) is 15.7. The number of hydrogen-bond acceptors (Lipinski definition) is 3. The molecular weight excluding hydrogens is 266 g/mol. The number of likely N-dealkylation sites (tertiary alicyclic amines) is 1. The van der Waals surface area contributed by atoms with Crippen LogP contribution in [0.25, 0.3) is 0 Å². The SMILES string of the molecule is CCC1(C(=O)N2CCC[C@@H]2C(=O)OC(C)(C)C)CCCC1. The predicted molar refractivity (Wildman–Crippen MR) is 81.8 cm³/mol. The largest absolute Gasteiger partial charge is 0.458 e. The van der Waals surface area contributed by atoms with E-state index < -0.39 is 5.60 Å². The maximum Gasteiger partial charge on any atom is 0.329 e. The van der Waals surface area contributed by atoms with Gasteiger partial charge in [-0.2, -0.15) is 0 Å². The summed E-state index contributed by atoms with van der Waals surface area (Å²) in [6, 6.07) is -0.374. The number of amides is 1. The second kappa shape index (κ2) is 5.98. The van der Waals surface area contributed by atoms with Gasteiger partial charge in [-0.25, -0.2) is 4.79 Å². The average molecular weight is 295 g/mol. The van der Waals surface area contributed by atoms with E-state index in [1.54, 1.807) is 0 Å². The summed E-state index contributed by atoms with van der Waals surface area (Å²) in [6.45, 7) is 8.41. The fraction of sp³-hybridized carbons (Fsp3) is 0.882. The van der Waals surface area contributed by atoms with Crippen LogP contribution in [0.15, 0.2) is 0 Å².